The Bertz CT molecular complexity index is 886. The lowest BCUT2D eigenvalue weighted by Crippen LogP contribution is -2.40. The van der Waals surface area contributed by atoms with Crippen LogP contribution >= 0.6 is 0 Å². The quantitative estimate of drug-likeness (QED) is 0.872. The average molecular weight is 364 g/mol. The van der Waals surface area contributed by atoms with Crippen LogP contribution in [0.3, 0.4) is 0 Å². The number of carbonyl (C=O) groups excluding carboxylic acids is 1. The molecule has 0 spiro atoms. The molecule has 0 bridgehead atoms. The second-order valence-electron chi connectivity index (χ2n) is 6.82. The van der Waals surface area contributed by atoms with Gasteiger partial charge in [0.1, 0.15) is 5.82 Å². The van der Waals surface area contributed by atoms with Crippen molar-refractivity contribution in [3.63, 3.8) is 0 Å². The minimum absolute atomic E-state index is 0.0562. The van der Waals surface area contributed by atoms with Gasteiger partial charge in [-0.25, -0.2) is 17.5 Å². The minimum atomic E-state index is -3.67. The summed E-state index contributed by atoms with van der Waals surface area (Å²) in [4.78, 5) is 12.3. The molecule has 0 aliphatic rings. The largest absolute Gasteiger partial charge is 0.319 e. The van der Waals surface area contributed by atoms with Gasteiger partial charge in [0.05, 0.1) is 10.6 Å². The van der Waals surface area contributed by atoms with E-state index in [1.54, 1.807) is 33.8 Å². The van der Waals surface area contributed by atoms with Gasteiger partial charge in [0, 0.05) is 11.1 Å². The molecule has 2 rings (SSSR count). The molecule has 0 aromatic heterocycles. The molecule has 0 saturated carbocycles. The molecule has 0 radical (unpaired) electrons. The Kier molecular flexibility index (Phi) is 5.29. The molecule has 0 aliphatic heterocycles. The van der Waals surface area contributed by atoms with Crippen LogP contribution in [0.15, 0.2) is 47.4 Å². The smallest absolute Gasteiger partial charge is 0.255 e. The third-order valence-electron chi connectivity index (χ3n) is 3.24. The van der Waals surface area contributed by atoms with E-state index in [4.69, 9.17) is 0 Å². The van der Waals surface area contributed by atoms with Crippen molar-refractivity contribution in [3.8, 4) is 0 Å². The van der Waals surface area contributed by atoms with Crippen molar-refractivity contribution in [2.75, 3.05) is 5.32 Å². The fourth-order valence-electron chi connectivity index (χ4n) is 2.18. The van der Waals surface area contributed by atoms with Gasteiger partial charge >= 0.3 is 0 Å². The number of aryl methyl sites for hydroxylation is 1. The van der Waals surface area contributed by atoms with Crippen LogP contribution in [0, 0.1) is 12.7 Å². The molecule has 2 N–H and O–H groups in total. The fraction of sp³-hybridized carbons (Fsp3) is 0.278. The Hall–Kier alpha value is -2.25. The molecule has 25 heavy (non-hydrogen) atoms. The Morgan fingerprint density at radius 3 is 2.20 bits per heavy atom. The molecule has 134 valence electrons. The van der Waals surface area contributed by atoms with Gasteiger partial charge in [-0.05, 0) is 69.7 Å². The second kappa shape index (κ2) is 6.93. The van der Waals surface area contributed by atoms with E-state index in [0.717, 1.165) is 5.56 Å². The van der Waals surface area contributed by atoms with Gasteiger partial charge < -0.3 is 5.32 Å². The van der Waals surface area contributed by atoms with Crippen LogP contribution < -0.4 is 10.0 Å². The normalized spacial score (nSPS) is 12.0. The van der Waals surface area contributed by atoms with E-state index in [1.807, 2.05) is 0 Å². The Morgan fingerprint density at radius 1 is 1.04 bits per heavy atom. The molecular formula is C18H21FN2O3S. The van der Waals surface area contributed by atoms with E-state index in [2.05, 4.69) is 10.0 Å². The van der Waals surface area contributed by atoms with Crippen LogP contribution in [-0.4, -0.2) is 19.9 Å². The van der Waals surface area contributed by atoms with Crippen LogP contribution in [0.2, 0.25) is 0 Å². The maximum absolute atomic E-state index is 13.7. The van der Waals surface area contributed by atoms with Gasteiger partial charge in [-0.15, -0.1) is 0 Å². The fourth-order valence-corrected chi connectivity index (χ4v) is 3.60. The van der Waals surface area contributed by atoms with Crippen LogP contribution in [0.4, 0.5) is 10.1 Å². The van der Waals surface area contributed by atoms with Crippen molar-refractivity contribution in [1.29, 1.82) is 0 Å². The highest BCUT2D eigenvalue weighted by atomic mass is 32.2. The number of carbonyl (C=O) groups is 1. The first-order valence-corrected chi connectivity index (χ1v) is 9.18. The lowest BCUT2D eigenvalue weighted by Gasteiger charge is -2.20. The van der Waals surface area contributed by atoms with Crippen molar-refractivity contribution in [1.82, 2.24) is 4.72 Å². The van der Waals surface area contributed by atoms with Gasteiger partial charge in [0.25, 0.3) is 5.91 Å². The predicted octanol–water partition coefficient (Wildman–Crippen LogP) is 3.46. The second-order valence-corrected chi connectivity index (χ2v) is 8.50. The number of hydrogen-bond acceptors (Lipinski definition) is 3. The van der Waals surface area contributed by atoms with Gasteiger partial charge in [0.2, 0.25) is 10.0 Å². The number of hydrogen-bond donors (Lipinski definition) is 2. The number of anilines is 1. The van der Waals surface area contributed by atoms with Crippen molar-refractivity contribution >= 4 is 21.6 Å². The molecule has 0 saturated heterocycles. The summed E-state index contributed by atoms with van der Waals surface area (Å²) < 4.78 is 40.7. The van der Waals surface area contributed by atoms with Crippen molar-refractivity contribution in [2.45, 2.75) is 38.1 Å². The molecule has 0 fully saturated rings. The molecule has 1 amide bonds. The van der Waals surface area contributed by atoms with E-state index >= 15 is 0 Å². The Labute approximate surface area is 147 Å². The SMILES string of the molecule is Cc1ccc(F)c(NC(=O)c2ccc(S(=O)(=O)NC(C)(C)C)cc2)c1. The molecule has 2 aromatic rings. The maximum atomic E-state index is 13.7. The van der Waals surface area contributed by atoms with E-state index in [1.165, 1.54) is 36.4 Å². The van der Waals surface area contributed by atoms with Crippen molar-refractivity contribution in [2.24, 2.45) is 0 Å². The zero-order valence-electron chi connectivity index (χ0n) is 14.6. The summed E-state index contributed by atoms with van der Waals surface area (Å²) in [5.74, 6) is -1.05. The number of amides is 1. The number of halogens is 1. The summed E-state index contributed by atoms with van der Waals surface area (Å²) in [6.07, 6.45) is 0. The number of rotatable bonds is 4. The third kappa shape index (κ3) is 5.11. The number of nitrogens with one attached hydrogen (secondary N) is 2. The molecular weight excluding hydrogens is 343 g/mol. The maximum Gasteiger partial charge on any atom is 0.255 e. The molecule has 0 atom stereocenters. The van der Waals surface area contributed by atoms with Crippen molar-refractivity contribution in [3.05, 3.63) is 59.4 Å². The zero-order chi connectivity index (χ0) is 18.8. The topological polar surface area (TPSA) is 75.3 Å². The Balaban J connectivity index is 2.19. The van der Waals surface area contributed by atoms with E-state index in [9.17, 15) is 17.6 Å². The molecule has 2 aromatic carbocycles. The minimum Gasteiger partial charge on any atom is -0.319 e. The van der Waals surface area contributed by atoms with Crippen LogP contribution in [-0.2, 0) is 10.0 Å². The zero-order valence-corrected chi connectivity index (χ0v) is 15.4. The first-order valence-electron chi connectivity index (χ1n) is 7.69. The molecule has 0 unspecified atom stereocenters. The van der Waals surface area contributed by atoms with Crippen LogP contribution in [0.1, 0.15) is 36.7 Å². The van der Waals surface area contributed by atoms with E-state index in [-0.39, 0.29) is 16.1 Å². The van der Waals surface area contributed by atoms with Crippen LogP contribution in [0.25, 0.3) is 0 Å². The van der Waals surface area contributed by atoms with Crippen LogP contribution in [0.5, 0.6) is 0 Å². The number of sulfonamides is 1. The van der Waals surface area contributed by atoms with E-state index < -0.39 is 27.3 Å². The highest BCUT2D eigenvalue weighted by Gasteiger charge is 2.22. The standard InChI is InChI=1S/C18H21FN2O3S/c1-12-5-10-15(19)16(11-12)20-17(22)13-6-8-14(9-7-13)25(23,24)21-18(2,3)4/h5-11,21H,1-4H3,(H,20,22). The summed E-state index contributed by atoms with van der Waals surface area (Å²) in [5, 5.41) is 2.48. The third-order valence-corrected chi connectivity index (χ3v) is 5.01. The molecule has 0 aliphatic carbocycles. The molecule has 7 heteroatoms. The lowest BCUT2D eigenvalue weighted by atomic mass is 10.1. The lowest BCUT2D eigenvalue weighted by molar-refractivity contribution is 0.102. The Morgan fingerprint density at radius 2 is 1.64 bits per heavy atom. The molecule has 5 nitrogen and oxygen atoms in total. The predicted molar refractivity (Wildman–Crippen MR) is 95.6 cm³/mol. The highest BCUT2D eigenvalue weighted by Crippen LogP contribution is 2.18. The molecule has 0 heterocycles. The van der Waals surface area contributed by atoms with Gasteiger partial charge in [-0.2, -0.15) is 0 Å². The first-order chi connectivity index (χ1) is 11.5. The summed E-state index contributed by atoms with van der Waals surface area (Å²) >= 11 is 0. The number of benzene rings is 2. The van der Waals surface area contributed by atoms with Gasteiger partial charge in [-0.3, -0.25) is 4.79 Å². The van der Waals surface area contributed by atoms with Gasteiger partial charge in [0.15, 0.2) is 0 Å². The summed E-state index contributed by atoms with van der Waals surface area (Å²) in [6, 6.07) is 9.87. The summed E-state index contributed by atoms with van der Waals surface area (Å²) in [5.41, 5.74) is 0.510. The van der Waals surface area contributed by atoms with Gasteiger partial charge in [-0.1, -0.05) is 6.07 Å². The summed E-state index contributed by atoms with van der Waals surface area (Å²) in [6.45, 7) is 7.01. The van der Waals surface area contributed by atoms with Crippen molar-refractivity contribution < 1.29 is 17.6 Å². The highest BCUT2D eigenvalue weighted by molar-refractivity contribution is 7.89. The average Bonchev–Trinajstić information content (AvgIpc) is 2.48. The monoisotopic (exact) mass is 364 g/mol. The summed E-state index contributed by atoms with van der Waals surface area (Å²) in [7, 11) is -3.67. The first kappa shape index (κ1) is 19.1. The van der Waals surface area contributed by atoms with E-state index in [0.29, 0.717) is 0 Å².